The Hall–Kier alpha value is -0.705. The van der Waals surface area contributed by atoms with Gasteiger partial charge in [0.25, 0.3) is 0 Å². The number of rotatable bonds is 2. The second-order valence-electron chi connectivity index (χ2n) is 5.93. The lowest BCUT2D eigenvalue weighted by atomic mass is 9.78. The predicted octanol–water partition coefficient (Wildman–Crippen LogP) is 2.96. The summed E-state index contributed by atoms with van der Waals surface area (Å²) in [6.07, 6.45) is 0. The van der Waals surface area contributed by atoms with Gasteiger partial charge in [-0.15, -0.1) is 0 Å². The van der Waals surface area contributed by atoms with Crippen molar-refractivity contribution in [3.63, 3.8) is 0 Å². The highest BCUT2D eigenvalue weighted by Crippen LogP contribution is 2.37. The Morgan fingerprint density at radius 3 is 2.11 bits per heavy atom. The summed E-state index contributed by atoms with van der Waals surface area (Å²) in [5.41, 5.74) is 1.05. The van der Waals surface area contributed by atoms with E-state index in [-0.39, 0.29) is 11.2 Å². The highest BCUT2D eigenvalue weighted by atomic mass is 35.5. The quantitative estimate of drug-likeness (QED) is 0.781. The van der Waals surface area contributed by atoms with Crippen LogP contribution in [-0.4, -0.2) is 25.4 Å². The van der Waals surface area contributed by atoms with E-state index in [1.54, 1.807) is 7.11 Å². The van der Waals surface area contributed by atoms with Gasteiger partial charge in [0.1, 0.15) is 5.75 Å². The van der Waals surface area contributed by atoms with Crippen molar-refractivity contribution in [2.24, 2.45) is 0 Å². The number of halogens is 1. The molecule has 1 aliphatic heterocycles. The Labute approximate surface area is 120 Å². The summed E-state index contributed by atoms with van der Waals surface area (Å²) in [6, 6.07) is 3.76. The van der Waals surface area contributed by atoms with E-state index < -0.39 is 7.12 Å². The molecule has 19 heavy (non-hydrogen) atoms. The van der Waals surface area contributed by atoms with Gasteiger partial charge in [0.2, 0.25) is 0 Å². The van der Waals surface area contributed by atoms with Crippen LogP contribution in [0.2, 0.25) is 5.02 Å². The highest BCUT2D eigenvalue weighted by Gasteiger charge is 2.52. The maximum Gasteiger partial charge on any atom is 0.496 e. The standard InChI is InChI=1S/C14H20BClO3/c1-9-7-11(16)10(8-12(9)17-6)15-18-13(2,3)14(4,5)19-15/h7-8H,1-6H3. The van der Waals surface area contributed by atoms with Gasteiger partial charge in [-0.1, -0.05) is 11.6 Å². The van der Waals surface area contributed by atoms with Gasteiger partial charge in [0.05, 0.1) is 18.3 Å². The molecule has 0 atom stereocenters. The second-order valence-corrected chi connectivity index (χ2v) is 6.34. The van der Waals surface area contributed by atoms with E-state index >= 15 is 0 Å². The fraction of sp³-hybridized carbons (Fsp3) is 0.571. The van der Waals surface area contributed by atoms with Crippen molar-refractivity contribution >= 4 is 24.2 Å². The molecule has 1 aliphatic rings. The van der Waals surface area contributed by atoms with E-state index in [0.717, 1.165) is 16.8 Å². The van der Waals surface area contributed by atoms with Crippen LogP contribution in [0.1, 0.15) is 33.3 Å². The summed E-state index contributed by atoms with van der Waals surface area (Å²) in [7, 11) is 1.18. The number of ether oxygens (including phenoxy) is 1. The molecule has 1 heterocycles. The molecule has 0 radical (unpaired) electrons. The molecule has 5 heteroatoms. The average Bonchev–Trinajstić information content (AvgIpc) is 2.48. The highest BCUT2D eigenvalue weighted by molar-refractivity contribution is 6.65. The van der Waals surface area contributed by atoms with Gasteiger partial charge in [0, 0.05) is 10.5 Å². The summed E-state index contributed by atoms with van der Waals surface area (Å²) >= 11 is 6.31. The minimum atomic E-state index is -0.466. The molecule has 1 saturated heterocycles. The molecular formula is C14H20BClO3. The van der Waals surface area contributed by atoms with Crippen LogP contribution in [-0.2, 0) is 9.31 Å². The molecule has 1 aromatic rings. The lowest BCUT2D eigenvalue weighted by molar-refractivity contribution is 0.00578. The monoisotopic (exact) mass is 282 g/mol. The van der Waals surface area contributed by atoms with Gasteiger partial charge in [-0.05, 0) is 52.3 Å². The zero-order chi connectivity index (χ0) is 14.4. The van der Waals surface area contributed by atoms with Crippen LogP contribution >= 0.6 is 11.6 Å². The molecule has 0 aromatic heterocycles. The molecule has 0 spiro atoms. The first kappa shape index (κ1) is 14.7. The third-order valence-electron chi connectivity index (χ3n) is 4.02. The van der Waals surface area contributed by atoms with Gasteiger partial charge >= 0.3 is 7.12 Å². The van der Waals surface area contributed by atoms with Gasteiger partial charge in [-0.25, -0.2) is 0 Å². The normalized spacial score (nSPS) is 20.7. The smallest absolute Gasteiger partial charge is 0.496 e. The van der Waals surface area contributed by atoms with Gasteiger partial charge in [-0.2, -0.15) is 0 Å². The van der Waals surface area contributed by atoms with Crippen LogP contribution in [0.3, 0.4) is 0 Å². The molecule has 0 aliphatic carbocycles. The molecule has 0 N–H and O–H groups in total. The minimum Gasteiger partial charge on any atom is -0.497 e. The molecule has 0 amide bonds. The zero-order valence-corrected chi connectivity index (χ0v) is 13.1. The Bertz CT molecular complexity index is 484. The van der Waals surface area contributed by atoms with Crippen molar-refractivity contribution in [2.45, 2.75) is 45.8 Å². The minimum absolute atomic E-state index is 0.376. The van der Waals surface area contributed by atoms with Crippen molar-refractivity contribution in [1.29, 1.82) is 0 Å². The van der Waals surface area contributed by atoms with Crippen molar-refractivity contribution in [3.05, 3.63) is 22.7 Å². The predicted molar refractivity (Wildman–Crippen MR) is 78.5 cm³/mol. The summed E-state index contributed by atoms with van der Waals surface area (Å²) in [4.78, 5) is 0. The maximum atomic E-state index is 6.31. The third kappa shape index (κ3) is 2.49. The molecule has 3 nitrogen and oxygen atoms in total. The fourth-order valence-electron chi connectivity index (χ4n) is 2.04. The summed E-state index contributed by atoms with van der Waals surface area (Å²) in [6.45, 7) is 10.0. The lowest BCUT2D eigenvalue weighted by Gasteiger charge is -2.32. The average molecular weight is 283 g/mol. The third-order valence-corrected chi connectivity index (χ3v) is 4.35. The van der Waals surface area contributed by atoms with Gasteiger partial charge < -0.3 is 14.0 Å². The number of benzene rings is 1. The first-order valence-corrected chi connectivity index (χ1v) is 6.75. The van der Waals surface area contributed by atoms with Crippen LogP contribution in [0.4, 0.5) is 0 Å². The summed E-state index contributed by atoms with van der Waals surface area (Å²) < 4.78 is 17.4. The maximum absolute atomic E-state index is 6.31. The number of hydrogen-bond acceptors (Lipinski definition) is 3. The van der Waals surface area contributed by atoms with E-state index in [2.05, 4.69) is 0 Å². The molecule has 2 rings (SSSR count). The summed E-state index contributed by atoms with van der Waals surface area (Å²) in [5, 5.41) is 0.636. The Kier molecular flexibility index (Phi) is 3.63. The second kappa shape index (κ2) is 4.69. The van der Waals surface area contributed by atoms with Crippen LogP contribution in [0.25, 0.3) is 0 Å². The largest absolute Gasteiger partial charge is 0.497 e. The van der Waals surface area contributed by atoms with E-state index in [1.807, 2.05) is 46.8 Å². The van der Waals surface area contributed by atoms with Crippen LogP contribution in [0.5, 0.6) is 5.75 Å². The van der Waals surface area contributed by atoms with Crippen molar-refractivity contribution in [3.8, 4) is 5.75 Å². The molecule has 1 aromatic carbocycles. The Morgan fingerprint density at radius 1 is 1.11 bits per heavy atom. The van der Waals surface area contributed by atoms with E-state index in [0.29, 0.717) is 5.02 Å². The molecule has 0 saturated carbocycles. The molecule has 0 bridgehead atoms. The molecular weight excluding hydrogens is 262 g/mol. The van der Waals surface area contributed by atoms with Gasteiger partial charge in [-0.3, -0.25) is 0 Å². The van der Waals surface area contributed by atoms with E-state index in [1.165, 1.54) is 0 Å². The van der Waals surface area contributed by atoms with Crippen LogP contribution in [0, 0.1) is 6.92 Å². The number of hydrogen-bond donors (Lipinski definition) is 0. The van der Waals surface area contributed by atoms with Crippen molar-refractivity contribution in [1.82, 2.24) is 0 Å². The van der Waals surface area contributed by atoms with E-state index in [4.69, 9.17) is 25.6 Å². The van der Waals surface area contributed by atoms with Crippen molar-refractivity contribution in [2.75, 3.05) is 7.11 Å². The van der Waals surface area contributed by atoms with E-state index in [9.17, 15) is 0 Å². The molecule has 1 fully saturated rings. The lowest BCUT2D eigenvalue weighted by Crippen LogP contribution is -2.41. The van der Waals surface area contributed by atoms with Crippen molar-refractivity contribution < 1.29 is 14.0 Å². The molecule has 0 unspecified atom stereocenters. The fourth-order valence-corrected chi connectivity index (χ4v) is 2.35. The first-order chi connectivity index (χ1) is 8.68. The van der Waals surface area contributed by atoms with Gasteiger partial charge in [0.15, 0.2) is 0 Å². The topological polar surface area (TPSA) is 27.7 Å². The first-order valence-electron chi connectivity index (χ1n) is 6.37. The zero-order valence-electron chi connectivity index (χ0n) is 12.3. The number of aryl methyl sites for hydroxylation is 1. The summed E-state index contributed by atoms with van der Waals surface area (Å²) in [5.74, 6) is 0.786. The SMILES string of the molecule is COc1cc(B2OC(C)(C)C(C)(C)O2)c(Cl)cc1C. The Morgan fingerprint density at radius 2 is 1.63 bits per heavy atom. The Balaban J connectivity index is 2.39. The number of methoxy groups -OCH3 is 1. The molecule has 104 valence electrons. The van der Waals surface area contributed by atoms with Crippen LogP contribution < -0.4 is 10.2 Å². The van der Waals surface area contributed by atoms with Crippen LogP contribution in [0.15, 0.2) is 12.1 Å².